The summed E-state index contributed by atoms with van der Waals surface area (Å²) in [4.78, 5) is 12.0. The number of aromatic carboxylic acids is 1. The molecule has 1 saturated heterocycles. The van der Waals surface area contributed by atoms with E-state index < -0.39 is 5.97 Å². The minimum Gasteiger partial charge on any atom is -0.490 e. The number of rotatable bonds is 13. The molecular weight excluding hydrogens is 516 g/mol. The molecule has 1 aromatic carbocycles. The van der Waals surface area contributed by atoms with Crippen molar-refractivity contribution in [1.82, 2.24) is 0 Å². The first kappa shape index (κ1) is 34.5. The van der Waals surface area contributed by atoms with Crippen LogP contribution in [0.15, 0.2) is 18.2 Å². The second kappa shape index (κ2) is 23.9. The van der Waals surface area contributed by atoms with Gasteiger partial charge in [-0.05, 0) is 37.0 Å². The van der Waals surface area contributed by atoms with E-state index in [1.54, 1.807) is 12.1 Å². The molecular formula is C31H52O9. The van der Waals surface area contributed by atoms with Crippen LogP contribution in [0.4, 0.5) is 0 Å². The maximum absolute atomic E-state index is 12.0. The van der Waals surface area contributed by atoms with Crippen LogP contribution in [0.3, 0.4) is 0 Å². The number of hydrogen-bond donors (Lipinski definition) is 1. The van der Waals surface area contributed by atoms with Crippen LogP contribution in [0.5, 0.6) is 5.75 Å². The monoisotopic (exact) mass is 568 g/mol. The van der Waals surface area contributed by atoms with Gasteiger partial charge in [-0.2, -0.15) is 0 Å². The van der Waals surface area contributed by atoms with E-state index in [0.29, 0.717) is 78.4 Å². The predicted molar refractivity (Wildman–Crippen MR) is 154 cm³/mol. The van der Waals surface area contributed by atoms with Crippen molar-refractivity contribution in [3.05, 3.63) is 29.3 Å². The van der Waals surface area contributed by atoms with Crippen LogP contribution < -0.4 is 4.74 Å². The number of aryl methyl sites for hydroxylation is 1. The molecule has 0 aromatic heterocycles. The molecule has 40 heavy (non-hydrogen) atoms. The maximum atomic E-state index is 12.0. The zero-order valence-corrected chi connectivity index (χ0v) is 24.6. The second-order valence-corrected chi connectivity index (χ2v) is 10.0. The number of ether oxygens (including phenoxy) is 7. The molecule has 0 amide bonds. The van der Waals surface area contributed by atoms with E-state index in [9.17, 15) is 9.90 Å². The van der Waals surface area contributed by atoms with Crippen LogP contribution in [-0.4, -0.2) is 96.5 Å². The molecule has 1 unspecified atom stereocenters. The lowest BCUT2D eigenvalue weighted by Gasteiger charge is -2.20. The molecule has 1 atom stereocenters. The average molecular weight is 569 g/mol. The summed E-state index contributed by atoms with van der Waals surface area (Å²) in [6.07, 6.45) is 11.3. The predicted octanol–water partition coefficient (Wildman–Crippen LogP) is 5.32. The van der Waals surface area contributed by atoms with Gasteiger partial charge < -0.3 is 38.3 Å². The lowest BCUT2D eigenvalue weighted by Crippen LogP contribution is -2.30. The fraction of sp³-hybridized carbons (Fsp3) is 0.774. The molecule has 1 N–H and O–H groups in total. The zero-order chi connectivity index (χ0) is 28.5. The van der Waals surface area contributed by atoms with Gasteiger partial charge in [0.2, 0.25) is 0 Å². The molecule has 0 radical (unpaired) electrons. The summed E-state index contributed by atoms with van der Waals surface area (Å²) in [7, 11) is 0. The van der Waals surface area contributed by atoms with Crippen molar-refractivity contribution in [2.75, 3.05) is 79.3 Å². The summed E-state index contributed by atoms with van der Waals surface area (Å²) in [5, 5.41) is 9.81. The van der Waals surface area contributed by atoms with Gasteiger partial charge in [0.1, 0.15) is 24.0 Å². The van der Waals surface area contributed by atoms with Gasteiger partial charge in [0.25, 0.3) is 0 Å². The molecule has 0 saturated carbocycles. The van der Waals surface area contributed by atoms with E-state index in [-0.39, 0.29) is 18.3 Å². The number of hydrogen-bond acceptors (Lipinski definition) is 8. The third-order valence-corrected chi connectivity index (χ3v) is 6.60. The van der Waals surface area contributed by atoms with Gasteiger partial charge in [-0.15, -0.1) is 0 Å². The summed E-state index contributed by atoms with van der Waals surface area (Å²) in [5.41, 5.74) is 1.20. The Bertz CT molecular complexity index is 738. The summed E-state index contributed by atoms with van der Waals surface area (Å²) in [6.45, 7) is 7.66. The van der Waals surface area contributed by atoms with Crippen molar-refractivity contribution in [1.29, 1.82) is 0 Å². The smallest absolute Gasteiger partial charge is 0.339 e. The topological polar surface area (TPSA) is 102 Å². The molecule has 2 rings (SSSR count). The lowest BCUT2D eigenvalue weighted by molar-refractivity contribution is -0.0655. The molecule has 0 bridgehead atoms. The highest BCUT2D eigenvalue weighted by Crippen LogP contribution is 2.22. The molecule has 9 heteroatoms. The molecule has 9 nitrogen and oxygen atoms in total. The van der Waals surface area contributed by atoms with Crippen LogP contribution in [0, 0.1) is 0 Å². The van der Waals surface area contributed by atoms with Gasteiger partial charge >= 0.3 is 5.97 Å². The Morgan fingerprint density at radius 1 is 0.775 bits per heavy atom. The number of benzene rings is 1. The minimum atomic E-state index is -0.998. The highest BCUT2D eigenvalue weighted by atomic mass is 16.6. The highest BCUT2D eigenvalue weighted by Gasteiger charge is 2.16. The van der Waals surface area contributed by atoms with Crippen molar-refractivity contribution in [3.8, 4) is 5.75 Å². The maximum Gasteiger partial charge on any atom is 0.339 e. The van der Waals surface area contributed by atoms with E-state index >= 15 is 0 Å². The van der Waals surface area contributed by atoms with Gasteiger partial charge in [-0.1, -0.05) is 57.9 Å². The normalized spacial score (nSPS) is 19.3. The highest BCUT2D eigenvalue weighted by molar-refractivity contribution is 5.91. The molecule has 230 valence electrons. The molecule has 1 aliphatic heterocycles. The average Bonchev–Trinajstić information content (AvgIpc) is 2.96. The van der Waals surface area contributed by atoms with Crippen LogP contribution in [0.1, 0.15) is 80.6 Å². The van der Waals surface area contributed by atoms with Crippen LogP contribution in [-0.2, 0) is 34.8 Å². The summed E-state index contributed by atoms with van der Waals surface area (Å²) in [5.74, 6) is -0.662. The lowest BCUT2D eigenvalue weighted by atomic mass is 10.0. The van der Waals surface area contributed by atoms with E-state index in [2.05, 4.69) is 6.92 Å². The van der Waals surface area contributed by atoms with Crippen LogP contribution in [0.2, 0.25) is 0 Å². The first-order valence-corrected chi connectivity index (χ1v) is 15.2. The first-order chi connectivity index (χ1) is 19.7. The Balaban J connectivity index is 1.81. The Morgan fingerprint density at radius 3 is 2.00 bits per heavy atom. The number of carboxylic acid groups (broad SMARTS) is 1. The summed E-state index contributed by atoms with van der Waals surface area (Å²) < 4.78 is 39.8. The van der Waals surface area contributed by atoms with Crippen molar-refractivity contribution < 1.29 is 43.1 Å². The van der Waals surface area contributed by atoms with Gasteiger partial charge in [0.05, 0.1) is 59.5 Å². The van der Waals surface area contributed by atoms with Crippen LogP contribution >= 0.6 is 0 Å². The quantitative estimate of drug-likeness (QED) is 0.317. The van der Waals surface area contributed by atoms with Gasteiger partial charge in [0.15, 0.2) is 0 Å². The van der Waals surface area contributed by atoms with Crippen molar-refractivity contribution in [3.63, 3.8) is 0 Å². The van der Waals surface area contributed by atoms with Crippen molar-refractivity contribution >= 4 is 5.97 Å². The Morgan fingerprint density at radius 2 is 1.35 bits per heavy atom. The molecule has 1 fully saturated rings. The third kappa shape index (κ3) is 17.1. The Kier molecular flexibility index (Phi) is 20.6. The number of unbranched alkanes of at least 4 members (excludes halogenated alkanes) is 7. The minimum absolute atomic E-state index is 0.162. The molecule has 1 aliphatic rings. The van der Waals surface area contributed by atoms with E-state index in [1.807, 2.05) is 6.07 Å². The molecule has 0 spiro atoms. The second-order valence-electron chi connectivity index (χ2n) is 10.0. The van der Waals surface area contributed by atoms with Crippen LogP contribution in [0.25, 0.3) is 0 Å². The van der Waals surface area contributed by atoms with E-state index in [4.69, 9.17) is 33.2 Å². The summed E-state index contributed by atoms with van der Waals surface area (Å²) >= 11 is 0. The van der Waals surface area contributed by atoms with Gasteiger partial charge in [-0.3, -0.25) is 0 Å². The fourth-order valence-electron chi connectivity index (χ4n) is 4.33. The third-order valence-electron chi connectivity index (χ3n) is 6.60. The Hall–Kier alpha value is -1.75. The van der Waals surface area contributed by atoms with Crippen molar-refractivity contribution in [2.24, 2.45) is 0 Å². The first-order valence-electron chi connectivity index (χ1n) is 15.2. The number of carboxylic acids is 1. The molecule has 1 aromatic rings. The largest absolute Gasteiger partial charge is 0.490 e. The summed E-state index contributed by atoms with van der Waals surface area (Å²) in [6, 6.07) is 5.45. The van der Waals surface area contributed by atoms with Gasteiger partial charge in [0, 0.05) is 13.2 Å². The standard InChI is InChI=1S/C31H52O9/c1-2-3-4-5-6-7-8-9-11-27-12-13-30(29(24-27)31(32)33)40-26-28-25-38-21-20-36-18-16-34-14-10-15-35-17-19-37-22-23-39-28/h12-13,24,28H,2-11,14-23,25-26H2,1H3,(H,32,33). The SMILES string of the molecule is CCCCCCCCCCc1ccc(OCC2COCCOCCOCCCOCCOCCO2)c(C(=O)O)c1. The van der Waals surface area contributed by atoms with E-state index in [0.717, 1.165) is 24.8 Å². The fourth-order valence-corrected chi connectivity index (χ4v) is 4.33. The zero-order valence-electron chi connectivity index (χ0n) is 24.6. The van der Waals surface area contributed by atoms with Crippen molar-refractivity contribution in [2.45, 2.75) is 77.2 Å². The number of carbonyl (C=O) groups is 1. The molecule has 1 heterocycles. The van der Waals surface area contributed by atoms with Gasteiger partial charge in [-0.25, -0.2) is 4.79 Å². The Labute approximate surface area is 240 Å². The molecule has 0 aliphatic carbocycles. The van der Waals surface area contributed by atoms with E-state index in [1.165, 1.54) is 44.9 Å².